The van der Waals surface area contributed by atoms with E-state index in [-0.39, 0.29) is 63.1 Å². The van der Waals surface area contributed by atoms with Gasteiger partial charge in [-0.15, -0.1) is 0 Å². The van der Waals surface area contributed by atoms with E-state index in [4.69, 9.17) is 0 Å². The fraction of sp³-hybridized carbons (Fsp3) is 0. The Morgan fingerprint density at radius 3 is 1.33 bits per heavy atom. The maximum atomic E-state index is 2.00. The minimum absolute atomic E-state index is 0. The normalized spacial score (nSPS) is 4.44. The minimum Gasteiger partial charge on any atom is -1.00 e. The van der Waals surface area contributed by atoms with Crippen LogP contribution in [-0.4, -0.2) is 0 Å². The van der Waals surface area contributed by atoms with E-state index >= 15 is 0 Å². The summed E-state index contributed by atoms with van der Waals surface area (Å²) in [5.41, 5.74) is 0. The van der Waals surface area contributed by atoms with Crippen LogP contribution < -0.4 is 34.0 Å². The van der Waals surface area contributed by atoms with E-state index in [9.17, 15) is 0 Å². The summed E-state index contributed by atoms with van der Waals surface area (Å²) in [5.74, 6) is 0. The van der Waals surface area contributed by atoms with E-state index in [0.29, 0.717) is 0 Å². The van der Waals surface area contributed by atoms with Gasteiger partial charge in [0.1, 0.15) is 0 Å². The minimum atomic E-state index is 0. The maximum Gasteiger partial charge on any atom is 4.00 e. The Hall–Kier alpha value is 1.02. The van der Waals surface area contributed by atoms with Crippen LogP contribution in [0, 0.1) is 7.43 Å². The first-order valence-electron chi connectivity index (χ1n) is 1.67. The predicted molar refractivity (Wildman–Crippen MR) is 28.4 cm³/mol. The van der Waals surface area contributed by atoms with Crippen molar-refractivity contribution < 1.29 is 55.7 Å². The zero-order chi connectivity index (χ0) is 3.54. The van der Waals surface area contributed by atoms with Crippen molar-refractivity contribution in [2.24, 2.45) is 0 Å². The molecule has 0 aliphatic carbocycles. The summed E-state index contributed by atoms with van der Waals surface area (Å²) in [5, 5.41) is 0. The standard InChI is InChI=1S/C5H5.CH3.2BrH.Ti/c1-2-4-5-3-1;;;;/h1-5H;1H3;2*1H;/q2*-1;;;+4/p-2. The van der Waals surface area contributed by atoms with Crippen molar-refractivity contribution >= 4 is 0 Å². The van der Waals surface area contributed by atoms with E-state index in [1.165, 1.54) is 0 Å². The van der Waals surface area contributed by atoms with Gasteiger partial charge in [-0.2, -0.15) is 18.2 Å². The van der Waals surface area contributed by atoms with Crippen LogP contribution >= 0.6 is 0 Å². The van der Waals surface area contributed by atoms with Gasteiger partial charge in [0.15, 0.2) is 0 Å². The maximum absolute atomic E-state index is 2.00. The Balaban J connectivity index is -0.0000000312. The predicted octanol–water partition coefficient (Wildman–Crippen LogP) is -4.14. The fourth-order valence-corrected chi connectivity index (χ4v) is 0.321. The van der Waals surface area contributed by atoms with Crippen LogP contribution in [0.3, 0.4) is 0 Å². The first-order valence-corrected chi connectivity index (χ1v) is 1.67. The van der Waals surface area contributed by atoms with Crippen molar-refractivity contribution in [1.82, 2.24) is 0 Å². The van der Waals surface area contributed by atoms with Crippen LogP contribution in [0.5, 0.6) is 0 Å². The van der Waals surface area contributed by atoms with Crippen molar-refractivity contribution in [3.05, 3.63) is 37.8 Å². The van der Waals surface area contributed by atoms with E-state index in [0.717, 1.165) is 0 Å². The van der Waals surface area contributed by atoms with E-state index in [1.54, 1.807) is 0 Å². The van der Waals surface area contributed by atoms with Gasteiger partial charge in [-0.1, -0.05) is 0 Å². The summed E-state index contributed by atoms with van der Waals surface area (Å²) in [6.45, 7) is 0. The molecular weight excluding hydrogens is 280 g/mol. The molecule has 0 amide bonds. The summed E-state index contributed by atoms with van der Waals surface area (Å²) < 4.78 is 0. The van der Waals surface area contributed by atoms with Crippen molar-refractivity contribution in [1.29, 1.82) is 0 Å². The van der Waals surface area contributed by atoms with Crippen LogP contribution in [0.25, 0.3) is 0 Å². The Morgan fingerprint density at radius 2 is 1.22 bits per heavy atom. The molecule has 0 atom stereocenters. The smallest absolute Gasteiger partial charge is 1.00 e. The third-order valence-corrected chi connectivity index (χ3v) is 0.556. The van der Waals surface area contributed by atoms with Gasteiger partial charge < -0.3 is 41.4 Å². The average Bonchev–Trinajstić information content (AvgIpc) is 1.76. The Morgan fingerprint density at radius 1 is 0.889 bits per heavy atom. The van der Waals surface area contributed by atoms with Crippen molar-refractivity contribution in [2.45, 2.75) is 0 Å². The van der Waals surface area contributed by atoms with Crippen LogP contribution in [0.2, 0.25) is 0 Å². The van der Waals surface area contributed by atoms with E-state index in [2.05, 4.69) is 0 Å². The summed E-state index contributed by atoms with van der Waals surface area (Å²) in [6, 6.07) is 10.0. The molecular formula is C6H8Br2Ti. The molecule has 0 aliphatic heterocycles. The molecule has 0 bridgehead atoms. The molecule has 9 heavy (non-hydrogen) atoms. The van der Waals surface area contributed by atoms with Gasteiger partial charge in [-0.3, -0.25) is 0 Å². The molecule has 1 aromatic rings. The van der Waals surface area contributed by atoms with Crippen LogP contribution in [0.15, 0.2) is 30.3 Å². The molecule has 0 aliphatic rings. The monoisotopic (exact) mass is 286 g/mol. The zero-order valence-electron chi connectivity index (χ0n) is 5.14. The molecule has 0 spiro atoms. The molecule has 1 rings (SSSR count). The third kappa shape index (κ3) is 12.3. The van der Waals surface area contributed by atoms with E-state index in [1.807, 2.05) is 30.3 Å². The molecule has 0 radical (unpaired) electrons. The average molecular weight is 288 g/mol. The molecule has 0 aromatic heterocycles. The van der Waals surface area contributed by atoms with E-state index < -0.39 is 0 Å². The van der Waals surface area contributed by atoms with Gasteiger partial charge in [-0.25, -0.2) is 12.1 Å². The van der Waals surface area contributed by atoms with Gasteiger partial charge in [0.05, 0.1) is 0 Å². The summed E-state index contributed by atoms with van der Waals surface area (Å²) >= 11 is 0. The van der Waals surface area contributed by atoms with Gasteiger partial charge >= 0.3 is 21.7 Å². The first kappa shape index (κ1) is 22.5. The second kappa shape index (κ2) is 16.0. The zero-order valence-corrected chi connectivity index (χ0v) is 9.88. The Bertz CT molecular complexity index is 67.5. The van der Waals surface area contributed by atoms with Crippen molar-refractivity contribution in [3.63, 3.8) is 0 Å². The summed E-state index contributed by atoms with van der Waals surface area (Å²) in [6.07, 6.45) is 0. The largest absolute Gasteiger partial charge is 4.00 e. The van der Waals surface area contributed by atoms with Gasteiger partial charge in [0.25, 0.3) is 0 Å². The van der Waals surface area contributed by atoms with Crippen LogP contribution in [0.4, 0.5) is 0 Å². The quantitative estimate of drug-likeness (QED) is 0.336. The second-order valence-corrected chi connectivity index (χ2v) is 0.962. The first-order chi connectivity index (χ1) is 2.50. The van der Waals surface area contributed by atoms with Gasteiger partial charge in [-0.05, 0) is 0 Å². The second-order valence-electron chi connectivity index (χ2n) is 0.962. The van der Waals surface area contributed by atoms with Crippen molar-refractivity contribution in [3.8, 4) is 0 Å². The molecule has 1 aromatic carbocycles. The molecule has 50 valence electrons. The third-order valence-electron chi connectivity index (χ3n) is 0.556. The van der Waals surface area contributed by atoms with Crippen LogP contribution in [0.1, 0.15) is 0 Å². The van der Waals surface area contributed by atoms with Crippen molar-refractivity contribution in [2.75, 3.05) is 0 Å². The Labute approximate surface area is 92.8 Å². The molecule has 0 N–H and O–H groups in total. The molecule has 0 unspecified atom stereocenters. The molecule has 0 saturated heterocycles. The number of hydrogen-bond acceptors (Lipinski definition) is 0. The molecule has 0 nitrogen and oxygen atoms in total. The van der Waals surface area contributed by atoms with Crippen LogP contribution in [-0.2, 0) is 21.7 Å². The SMILES string of the molecule is [Br-].[Br-].[CH3-].[Ti+4].c1cc[cH-]c1. The molecule has 0 fully saturated rings. The van der Waals surface area contributed by atoms with Gasteiger partial charge in [0, 0.05) is 0 Å². The topological polar surface area (TPSA) is 0 Å². The number of rotatable bonds is 0. The van der Waals surface area contributed by atoms with Gasteiger partial charge in [0.2, 0.25) is 0 Å². The number of halogens is 2. The molecule has 0 saturated carbocycles. The number of hydrogen-bond donors (Lipinski definition) is 0. The Kier molecular flexibility index (Phi) is 40.0. The summed E-state index contributed by atoms with van der Waals surface area (Å²) in [7, 11) is 0. The molecule has 0 heterocycles. The molecule has 3 heteroatoms. The summed E-state index contributed by atoms with van der Waals surface area (Å²) in [4.78, 5) is 0. The fourth-order valence-electron chi connectivity index (χ4n) is 0.321.